The molecule has 172 valence electrons. The van der Waals surface area contributed by atoms with Gasteiger partial charge in [-0.1, -0.05) is 25.1 Å². The van der Waals surface area contributed by atoms with Crippen LogP contribution in [0.25, 0.3) is 5.57 Å². The van der Waals surface area contributed by atoms with Gasteiger partial charge in [0.1, 0.15) is 5.70 Å². The highest BCUT2D eigenvalue weighted by atomic mass is 16.2. The van der Waals surface area contributed by atoms with Gasteiger partial charge in [-0.3, -0.25) is 9.59 Å². The summed E-state index contributed by atoms with van der Waals surface area (Å²) in [7, 11) is 0. The fraction of sp³-hybridized carbons (Fsp3) is 0.429. The fourth-order valence-corrected chi connectivity index (χ4v) is 5.38. The van der Waals surface area contributed by atoms with Crippen LogP contribution in [0.1, 0.15) is 49.3 Å². The Balaban J connectivity index is 1.54. The van der Waals surface area contributed by atoms with E-state index < -0.39 is 0 Å². The highest BCUT2D eigenvalue weighted by molar-refractivity contribution is 6.45. The molecule has 5 rings (SSSR count). The Morgan fingerprint density at radius 3 is 2.09 bits per heavy atom. The van der Waals surface area contributed by atoms with Gasteiger partial charge in [-0.05, 0) is 86.4 Å². The number of hydrogen-bond donors (Lipinski definition) is 0. The fourth-order valence-electron chi connectivity index (χ4n) is 5.38. The van der Waals surface area contributed by atoms with Crippen molar-refractivity contribution >= 4 is 28.8 Å². The number of amides is 2. The van der Waals surface area contributed by atoms with Crippen LogP contribution in [-0.4, -0.2) is 42.9 Å². The van der Waals surface area contributed by atoms with Crippen LogP contribution in [0, 0.1) is 19.8 Å². The van der Waals surface area contributed by atoms with E-state index in [1.807, 2.05) is 42.5 Å². The molecule has 0 saturated carbocycles. The molecule has 2 fully saturated rings. The molecule has 1 unspecified atom stereocenters. The molecule has 3 aliphatic rings. The molecule has 33 heavy (non-hydrogen) atoms. The Kier molecular flexibility index (Phi) is 5.73. The normalized spacial score (nSPS) is 21.5. The van der Waals surface area contributed by atoms with Crippen LogP contribution in [0.3, 0.4) is 0 Å². The summed E-state index contributed by atoms with van der Waals surface area (Å²) in [5, 5.41) is 0. The van der Waals surface area contributed by atoms with E-state index in [9.17, 15) is 9.59 Å². The lowest BCUT2D eigenvalue weighted by molar-refractivity contribution is -0.120. The second-order valence-corrected chi connectivity index (χ2v) is 9.87. The maximum absolute atomic E-state index is 13.8. The molecule has 1 atom stereocenters. The molecule has 5 nitrogen and oxygen atoms in total. The molecular formula is C28H33N3O2. The number of piperidine rings is 1. The maximum Gasteiger partial charge on any atom is 0.282 e. The van der Waals surface area contributed by atoms with Gasteiger partial charge in [0.15, 0.2) is 0 Å². The molecule has 3 heterocycles. The molecule has 0 N–H and O–H groups in total. The highest BCUT2D eigenvalue weighted by Gasteiger charge is 2.43. The molecule has 5 heteroatoms. The minimum atomic E-state index is -0.217. The number of carbonyl (C=O) groups is 2. The molecular weight excluding hydrogens is 410 g/mol. The van der Waals surface area contributed by atoms with E-state index in [0.29, 0.717) is 22.9 Å². The third-order valence-corrected chi connectivity index (χ3v) is 7.41. The number of rotatable bonds is 4. The Hall–Kier alpha value is -3.08. The van der Waals surface area contributed by atoms with Crippen LogP contribution in [0.5, 0.6) is 0 Å². The predicted octanol–water partition coefficient (Wildman–Crippen LogP) is 4.92. The molecule has 3 aliphatic heterocycles. The van der Waals surface area contributed by atoms with Crippen molar-refractivity contribution in [3.63, 3.8) is 0 Å². The summed E-state index contributed by atoms with van der Waals surface area (Å²) >= 11 is 0. The summed E-state index contributed by atoms with van der Waals surface area (Å²) in [5.41, 5.74) is 6.05. The molecule has 0 spiro atoms. The van der Waals surface area contributed by atoms with Gasteiger partial charge in [0.25, 0.3) is 11.8 Å². The van der Waals surface area contributed by atoms with Crippen molar-refractivity contribution in [2.24, 2.45) is 5.92 Å². The van der Waals surface area contributed by atoms with Gasteiger partial charge in [0.05, 0.1) is 11.3 Å². The summed E-state index contributed by atoms with van der Waals surface area (Å²) in [6.07, 6.45) is 4.63. The topological polar surface area (TPSA) is 43.9 Å². The largest absolute Gasteiger partial charge is 0.372 e. The Morgan fingerprint density at radius 1 is 0.758 bits per heavy atom. The Morgan fingerprint density at radius 2 is 1.42 bits per heavy atom. The first kappa shape index (κ1) is 21.7. The van der Waals surface area contributed by atoms with Crippen molar-refractivity contribution in [3.05, 3.63) is 64.9 Å². The lowest BCUT2D eigenvalue weighted by Crippen LogP contribution is -2.39. The van der Waals surface area contributed by atoms with E-state index in [2.05, 4.69) is 30.6 Å². The van der Waals surface area contributed by atoms with Gasteiger partial charge >= 0.3 is 0 Å². The minimum absolute atomic E-state index is 0.198. The van der Waals surface area contributed by atoms with E-state index in [-0.39, 0.29) is 11.8 Å². The molecule has 0 aliphatic carbocycles. The lowest BCUT2D eigenvalue weighted by atomic mass is 9.96. The van der Waals surface area contributed by atoms with Crippen molar-refractivity contribution in [1.82, 2.24) is 4.90 Å². The van der Waals surface area contributed by atoms with Crippen molar-refractivity contribution in [1.29, 1.82) is 0 Å². The Labute approximate surface area is 196 Å². The number of imide groups is 1. The number of likely N-dealkylation sites (tertiary alicyclic amines) is 1. The van der Waals surface area contributed by atoms with Crippen molar-refractivity contribution < 1.29 is 9.59 Å². The first-order valence-corrected chi connectivity index (χ1v) is 12.2. The van der Waals surface area contributed by atoms with Gasteiger partial charge in [-0.15, -0.1) is 0 Å². The standard InChI is InChI=1S/C28H33N3O2/c1-19-7-6-16-30(18-19)26-25(22-9-8-20(2)21(3)17-22)27(32)31(28(26)33)24-12-10-23(11-13-24)29-14-4-5-15-29/h8-13,17,19H,4-7,14-16,18H2,1-3H3. The van der Waals surface area contributed by atoms with Crippen LogP contribution in [0.4, 0.5) is 11.4 Å². The monoisotopic (exact) mass is 443 g/mol. The van der Waals surface area contributed by atoms with Gasteiger partial charge in [0.2, 0.25) is 0 Å². The zero-order valence-electron chi connectivity index (χ0n) is 19.9. The van der Waals surface area contributed by atoms with Gasteiger partial charge in [-0.25, -0.2) is 4.90 Å². The molecule has 0 radical (unpaired) electrons. The molecule has 2 saturated heterocycles. The second-order valence-electron chi connectivity index (χ2n) is 9.87. The molecule has 0 aromatic heterocycles. The zero-order valence-corrected chi connectivity index (χ0v) is 19.9. The first-order chi connectivity index (χ1) is 15.9. The number of anilines is 2. The van der Waals surface area contributed by atoms with Crippen LogP contribution in [-0.2, 0) is 9.59 Å². The van der Waals surface area contributed by atoms with E-state index in [1.54, 1.807) is 0 Å². The third-order valence-electron chi connectivity index (χ3n) is 7.41. The van der Waals surface area contributed by atoms with Gasteiger partial charge in [0, 0.05) is 31.9 Å². The average Bonchev–Trinajstić information content (AvgIpc) is 3.42. The van der Waals surface area contributed by atoms with Crippen molar-refractivity contribution in [3.8, 4) is 0 Å². The number of carbonyl (C=O) groups excluding carboxylic acids is 2. The van der Waals surface area contributed by atoms with Crippen LogP contribution in [0.2, 0.25) is 0 Å². The zero-order chi connectivity index (χ0) is 23.1. The smallest absolute Gasteiger partial charge is 0.282 e. The lowest BCUT2D eigenvalue weighted by Gasteiger charge is -2.33. The number of benzene rings is 2. The number of aryl methyl sites for hydroxylation is 2. The highest BCUT2D eigenvalue weighted by Crippen LogP contribution is 2.37. The predicted molar refractivity (Wildman–Crippen MR) is 133 cm³/mol. The van der Waals surface area contributed by atoms with Gasteiger partial charge in [-0.2, -0.15) is 0 Å². The van der Waals surface area contributed by atoms with E-state index in [0.717, 1.165) is 55.8 Å². The summed E-state index contributed by atoms with van der Waals surface area (Å²) in [4.78, 5) is 33.5. The summed E-state index contributed by atoms with van der Waals surface area (Å²) in [6, 6.07) is 14.0. The quantitative estimate of drug-likeness (QED) is 0.629. The minimum Gasteiger partial charge on any atom is -0.372 e. The molecule has 2 aromatic rings. The van der Waals surface area contributed by atoms with E-state index in [4.69, 9.17) is 0 Å². The second kappa shape index (κ2) is 8.69. The number of hydrogen-bond acceptors (Lipinski definition) is 4. The Bertz CT molecular complexity index is 1110. The third kappa shape index (κ3) is 3.94. The molecule has 2 aromatic carbocycles. The molecule has 0 bridgehead atoms. The first-order valence-electron chi connectivity index (χ1n) is 12.2. The van der Waals surface area contributed by atoms with E-state index >= 15 is 0 Å². The van der Waals surface area contributed by atoms with Gasteiger partial charge < -0.3 is 9.80 Å². The SMILES string of the molecule is Cc1ccc(C2=C(N3CCCC(C)C3)C(=O)N(c3ccc(N4CCCC4)cc3)C2=O)cc1C. The average molecular weight is 444 g/mol. The van der Waals surface area contributed by atoms with Crippen molar-refractivity contribution in [2.45, 2.75) is 46.5 Å². The van der Waals surface area contributed by atoms with Crippen LogP contribution < -0.4 is 9.80 Å². The summed E-state index contributed by atoms with van der Waals surface area (Å²) < 4.78 is 0. The van der Waals surface area contributed by atoms with Crippen LogP contribution >= 0.6 is 0 Å². The van der Waals surface area contributed by atoms with Crippen molar-refractivity contribution in [2.75, 3.05) is 36.0 Å². The van der Waals surface area contributed by atoms with E-state index in [1.165, 1.54) is 23.3 Å². The molecule has 2 amide bonds. The summed E-state index contributed by atoms with van der Waals surface area (Å²) in [6.45, 7) is 10.1. The maximum atomic E-state index is 13.8. The van der Waals surface area contributed by atoms with Crippen LogP contribution in [0.15, 0.2) is 48.2 Å². The number of nitrogens with zero attached hydrogens (tertiary/aromatic N) is 3. The summed E-state index contributed by atoms with van der Waals surface area (Å²) in [5.74, 6) is 0.0885.